The van der Waals surface area contributed by atoms with Gasteiger partial charge in [0, 0.05) is 0 Å². The summed E-state index contributed by atoms with van der Waals surface area (Å²) >= 11 is 0. The molecule has 1 heterocycles. The highest BCUT2D eigenvalue weighted by Gasteiger charge is 2.32. The molecule has 0 aromatic rings. The van der Waals surface area contributed by atoms with E-state index in [2.05, 4.69) is 10.1 Å². The highest BCUT2D eigenvalue weighted by Crippen LogP contribution is 2.05. The van der Waals surface area contributed by atoms with E-state index in [9.17, 15) is 19.2 Å². The van der Waals surface area contributed by atoms with E-state index < -0.39 is 48.8 Å². The Morgan fingerprint density at radius 3 is 2.47 bits per heavy atom. The summed E-state index contributed by atoms with van der Waals surface area (Å²) in [5.41, 5.74) is 0. The van der Waals surface area contributed by atoms with Crippen molar-refractivity contribution in [2.45, 2.75) is 24.9 Å². The van der Waals surface area contributed by atoms with E-state index in [1.165, 1.54) is 0 Å². The van der Waals surface area contributed by atoms with Crippen LogP contribution < -0.4 is 5.32 Å². The van der Waals surface area contributed by atoms with Crippen molar-refractivity contribution >= 4 is 23.9 Å². The lowest BCUT2D eigenvalue weighted by molar-refractivity contribution is -0.162. The number of hydrogen-bond donors (Lipinski definition) is 3. The lowest BCUT2D eigenvalue weighted by Crippen LogP contribution is -2.50. The van der Waals surface area contributed by atoms with Crippen molar-refractivity contribution in [2.24, 2.45) is 0 Å². The van der Waals surface area contributed by atoms with Gasteiger partial charge in [0.2, 0.25) is 0 Å². The Morgan fingerprint density at radius 1 is 1.26 bits per heavy atom. The molecule has 0 saturated carbocycles. The fourth-order valence-corrected chi connectivity index (χ4v) is 1.47. The smallest absolute Gasteiger partial charge is 0.323 e. The van der Waals surface area contributed by atoms with Crippen molar-refractivity contribution < 1.29 is 38.9 Å². The number of carbonyl (C=O) groups excluding carboxylic acids is 2. The van der Waals surface area contributed by atoms with Gasteiger partial charge in [-0.2, -0.15) is 0 Å². The predicted molar refractivity (Wildman–Crippen MR) is 57.1 cm³/mol. The SMILES string of the molecule is O=C(O)CC(NC1CC(=O)OCCOC1=O)C(=O)O. The second-order valence-corrected chi connectivity index (χ2v) is 3.80. The van der Waals surface area contributed by atoms with Gasteiger partial charge in [0.15, 0.2) is 0 Å². The quantitative estimate of drug-likeness (QED) is 0.504. The lowest BCUT2D eigenvalue weighted by Gasteiger charge is -2.22. The van der Waals surface area contributed by atoms with Gasteiger partial charge in [0.05, 0.1) is 12.8 Å². The molecule has 106 valence electrons. The van der Waals surface area contributed by atoms with Crippen LogP contribution in [0.25, 0.3) is 0 Å². The molecule has 1 aliphatic heterocycles. The van der Waals surface area contributed by atoms with E-state index in [1.807, 2.05) is 0 Å². The average Bonchev–Trinajstić information content (AvgIpc) is 2.30. The second-order valence-electron chi connectivity index (χ2n) is 3.80. The zero-order chi connectivity index (χ0) is 14.4. The first-order valence-electron chi connectivity index (χ1n) is 5.43. The Morgan fingerprint density at radius 2 is 1.89 bits per heavy atom. The molecule has 0 radical (unpaired) electrons. The highest BCUT2D eigenvalue weighted by atomic mass is 16.6. The molecule has 0 aromatic carbocycles. The maximum atomic E-state index is 11.5. The van der Waals surface area contributed by atoms with Gasteiger partial charge in [-0.1, -0.05) is 0 Å². The molecule has 0 aromatic heterocycles. The minimum atomic E-state index is -1.50. The molecular weight excluding hydrogens is 262 g/mol. The standard InChI is InChI=1S/C10H13NO8/c12-7(13)3-5(9(15)16)11-6-4-8(14)18-1-2-19-10(6)17/h5-6,11H,1-4H2,(H,12,13)(H,15,16). The van der Waals surface area contributed by atoms with E-state index >= 15 is 0 Å². The van der Waals surface area contributed by atoms with Gasteiger partial charge in [-0.3, -0.25) is 24.5 Å². The molecule has 9 nitrogen and oxygen atoms in total. The van der Waals surface area contributed by atoms with Gasteiger partial charge in [-0.15, -0.1) is 0 Å². The number of carboxylic acids is 2. The van der Waals surface area contributed by atoms with Crippen molar-refractivity contribution in [3.63, 3.8) is 0 Å². The number of carboxylic acid groups (broad SMARTS) is 2. The van der Waals surface area contributed by atoms with E-state index in [4.69, 9.17) is 14.9 Å². The predicted octanol–water partition coefficient (Wildman–Crippen LogP) is -1.64. The highest BCUT2D eigenvalue weighted by molar-refractivity contribution is 5.85. The Labute approximate surface area is 107 Å². The fourth-order valence-electron chi connectivity index (χ4n) is 1.47. The molecule has 1 aliphatic rings. The van der Waals surface area contributed by atoms with Gasteiger partial charge in [0.25, 0.3) is 0 Å². The molecule has 9 heteroatoms. The number of ether oxygens (including phenoxy) is 2. The fraction of sp³-hybridized carbons (Fsp3) is 0.600. The van der Waals surface area contributed by atoms with Crippen LogP contribution in [-0.2, 0) is 28.7 Å². The zero-order valence-corrected chi connectivity index (χ0v) is 9.83. The Bertz CT molecular complexity index is 393. The van der Waals surface area contributed by atoms with Crippen molar-refractivity contribution in [2.75, 3.05) is 13.2 Å². The van der Waals surface area contributed by atoms with E-state index in [0.717, 1.165) is 0 Å². The van der Waals surface area contributed by atoms with Crippen molar-refractivity contribution in [3.05, 3.63) is 0 Å². The molecule has 1 saturated heterocycles. The summed E-state index contributed by atoms with van der Waals surface area (Å²) in [6.45, 7) is -0.186. The first-order chi connectivity index (χ1) is 8.90. The molecule has 1 fully saturated rings. The summed E-state index contributed by atoms with van der Waals surface area (Å²) in [6.07, 6.45) is -1.14. The Balaban J connectivity index is 2.72. The number of cyclic esters (lactones) is 2. The summed E-state index contributed by atoms with van der Waals surface area (Å²) in [5, 5.41) is 19.7. The van der Waals surface area contributed by atoms with Crippen molar-refractivity contribution in [1.82, 2.24) is 5.32 Å². The van der Waals surface area contributed by atoms with E-state index in [1.54, 1.807) is 0 Å². The van der Waals surface area contributed by atoms with Crippen molar-refractivity contribution in [1.29, 1.82) is 0 Å². The molecule has 3 N–H and O–H groups in total. The Kier molecular flexibility index (Phi) is 5.24. The number of aliphatic carboxylic acids is 2. The van der Waals surface area contributed by atoms with Gasteiger partial charge in [-0.05, 0) is 0 Å². The third kappa shape index (κ3) is 4.92. The molecule has 2 unspecified atom stereocenters. The minimum absolute atomic E-state index is 0.0607. The zero-order valence-electron chi connectivity index (χ0n) is 9.83. The van der Waals surface area contributed by atoms with Gasteiger partial charge >= 0.3 is 23.9 Å². The monoisotopic (exact) mass is 275 g/mol. The van der Waals surface area contributed by atoms with E-state index in [-0.39, 0.29) is 13.2 Å². The summed E-state index contributed by atoms with van der Waals surface area (Å²) in [4.78, 5) is 44.1. The first-order valence-corrected chi connectivity index (χ1v) is 5.43. The molecule has 19 heavy (non-hydrogen) atoms. The van der Waals surface area contributed by atoms with Gasteiger partial charge in [0.1, 0.15) is 25.3 Å². The first kappa shape index (κ1) is 14.9. The van der Waals surface area contributed by atoms with Gasteiger partial charge < -0.3 is 19.7 Å². The maximum Gasteiger partial charge on any atom is 0.323 e. The van der Waals surface area contributed by atoms with Crippen LogP contribution in [-0.4, -0.2) is 59.4 Å². The van der Waals surface area contributed by atoms with Crippen LogP contribution in [0, 0.1) is 0 Å². The second kappa shape index (κ2) is 6.69. The molecule has 0 aliphatic carbocycles. The Hall–Kier alpha value is -2.16. The summed E-state index contributed by atoms with van der Waals surface area (Å²) in [5.74, 6) is -4.28. The van der Waals surface area contributed by atoms with Crippen LogP contribution in [0.15, 0.2) is 0 Å². The molecule has 0 spiro atoms. The van der Waals surface area contributed by atoms with Crippen molar-refractivity contribution in [3.8, 4) is 0 Å². The molecule has 1 rings (SSSR count). The number of rotatable bonds is 5. The molecule has 0 bridgehead atoms. The van der Waals surface area contributed by atoms with Crippen LogP contribution in [0.1, 0.15) is 12.8 Å². The van der Waals surface area contributed by atoms with Crippen LogP contribution in [0.2, 0.25) is 0 Å². The average molecular weight is 275 g/mol. The number of esters is 2. The maximum absolute atomic E-state index is 11.5. The van der Waals surface area contributed by atoms with Crippen LogP contribution >= 0.6 is 0 Å². The minimum Gasteiger partial charge on any atom is -0.481 e. The summed E-state index contributed by atoms with van der Waals surface area (Å²) in [6, 6.07) is -2.74. The van der Waals surface area contributed by atoms with Crippen LogP contribution in [0.5, 0.6) is 0 Å². The summed E-state index contributed by atoms with van der Waals surface area (Å²) in [7, 11) is 0. The molecule has 2 atom stereocenters. The normalized spacial score (nSPS) is 21.6. The molecular formula is C10H13NO8. The number of carbonyl (C=O) groups is 4. The van der Waals surface area contributed by atoms with Crippen LogP contribution in [0.4, 0.5) is 0 Å². The lowest BCUT2D eigenvalue weighted by atomic mass is 10.1. The topological polar surface area (TPSA) is 139 Å². The number of nitrogens with one attached hydrogen (secondary N) is 1. The molecule has 0 amide bonds. The van der Waals surface area contributed by atoms with Gasteiger partial charge in [-0.25, -0.2) is 0 Å². The summed E-state index contributed by atoms with van der Waals surface area (Å²) < 4.78 is 9.38. The third-order valence-corrected chi connectivity index (χ3v) is 2.33. The third-order valence-electron chi connectivity index (χ3n) is 2.33. The number of hydrogen-bond acceptors (Lipinski definition) is 7. The largest absolute Gasteiger partial charge is 0.481 e. The van der Waals surface area contributed by atoms with E-state index in [0.29, 0.717) is 0 Å². The van der Waals surface area contributed by atoms with Crippen LogP contribution in [0.3, 0.4) is 0 Å².